The van der Waals surface area contributed by atoms with Gasteiger partial charge in [0.25, 0.3) is 0 Å². The van der Waals surface area contributed by atoms with E-state index < -0.39 is 10.0 Å². The predicted molar refractivity (Wildman–Crippen MR) is 116 cm³/mol. The summed E-state index contributed by atoms with van der Waals surface area (Å²) in [6, 6.07) is 12.3. The Morgan fingerprint density at radius 2 is 1.81 bits per heavy atom. The Hall–Kier alpha value is -2.44. The molecular weight excluding hydrogens is 460 g/mol. The van der Waals surface area contributed by atoms with Gasteiger partial charge in [0.2, 0.25) is 21.7 Å². The van der Waals surface area contributed by atoms with Crippen molar-refractivity contribution in [3.8, 4) is 11.4 Å². The van der Waals surface area contributed by atoms with E-state index in [-0.39, 0.29) is 4.90 Å². The standard InChI is InChI=1S/C19H17ClN6O3S2/c20-14-6-4-13(5-7-14)19-21-17(29-22-19)12-25-8-10-26(11-9-25)31(27,28)16-3-1-2-15-18(16)24-30-23-15/h1-7H,8-12H2. The highest BCUT2D eigenvalue weighted by molar-refractivity contribution is 7.89. The fourth-order valence-electron chi connectivity index (χ4n) is 3.48. The minimum absolute atomic E-state index is 0.205. The molecule has 1 saturated heterocycles. The van der Waals surface area contributed by atoms with Gasteiger partial charge >= 0.3 is 0 Å². The molecule has 0 amide bonds. The first-order valence-electron chi connectivity index (χ1n) is 9.53. The van der Waals surface area contributed by atoms with E-state index in [1.165, 1.54) is 4.31 Å². The number of hydrogen-bond acceptors (Lipinski definition) is 9. The van der Waals surface area contributed by atoms with Crippen LogP contribution in [0.5, 0.6) is 0 Å². The summed E-state index contributed by atoms with van der Waals surface area (Å²) < 4.78 is 41.4. The van der Waals surface area contributed by atoms with Crippen LogP contribution in [0.3, 0.4) is 0 Å². The Kier molecular flexibility index (Phi) is 5.44. The number of halogens is 1. The monoisotopic (exact) mass is 476 g/mol. The molecule has 0 aliphatic carbocycles. The molecule has 9 nitrogen and oxygen atoms in total. The minimum Gasteiger partial charge on any atom is -0.338 e. The Morgan fingerprint density at radius 3 is 2.58 bits per heavy atom. The lowest BCUT2D eigenvalue weighted by atomic mass is 10.2. The molecule has 2 aromatic heterocycles. The Morgan fingerprint density at radius 1 is 1.03 bits per heavy atom. The van der Waals surface area contributed by atoms with Crippen LogP contribution in [-0.2, 0) is 16.6 Å². The Bertz CT molecular complexity index is 1310. The Balaban J connectivity index is 1.25. The number of sulfonamides is 1. The zero-order chi connectivity index (χ0) is 21.4. The maximum atomic E-state index is 13.1. The van der Waals surface area contributed by atoms with Gasteiger partial charge < -0.3 is 4.52 Å². The van der Waals surface area contributed by atoms with Crippen LogP contribution in [0.2, 0.25) is 5.02 Å². The zero-order valence-electron chi connectivity index (χ0n) is 16.2. The molecule has 0 unspecified atom stereocenters. The van der Waals surface area contributed by atoms with Crippen LogP contribution in [0.4, 0.5) is 0 Å². The number of benzene rings is 2. The first-order chi connectivity index (χ1) is 15.0. The van der Waals surface area contributed by atoms with Crippen molar-refractivity contribution in [1.29, 1.82) is 0 Å². The van der Waals surface area contributed by atoms with E-state index in [2.05, 4.69) is 23.8 Å². The highest BCUT2D eigenvalue weighted by Crippen LogP contribution is 2.25. The zero-order valence-corrected chi connectivity index (χ0v) is 18.6. The highest BCUT2D eigenvalue weighted by Gasteiger charge is 2.31. The first kappa shape index (κ1) is 20.5. The van der Waals surface area contributed by atoms with Crippen molar-refractivity contribution in [1.82, 2.24) is 28.1 Å². The molecule has 12 heteroatoms. The van der Waals surface area contributed by atoms with Crippen molar-refractivity contribution in [3.63, 3.8) is 0 Å². The lowest BCUT2D eigenvalue weighted by Gasteiger charge is -2.33. The summed E-state index contributed by atoms with van der Waals surface area (Å²) in [7, 11) is -3.64. The average molecular weight is 477 g/mol. The van der Waals surface area contributed by atoms with Gasteiger partial charge in [-0.1, -0.05) is 22.8 Å². The molecule has 0 radical (unpaired) electrons. The fraction of sp³-hybridized carbons (Fsp3) is 0.263. The smallest absolute Gasteiger partial charge is 0.245 e. The molecule has 0 atom stereocenters. The van der Waals surface area contributed by atoms with Gasteiger partial charge in [0.15, 0.2) is 0 Å². The average Bonchev–Trinajstić information content (AvgIpc) is 3.44. The van der Waals surface area contributed by atoms with Crippen molar-refractivity contribution >= 4 is 44.4 Å². The second kappa shape index (κ2) is 8.24. The second-order valence-corrected chi connectivity index (χ2v) is 9.96. The van der Waals surface area contributed by atoms with Crippen molar-refractivity contribution in [2.24, 2.45) is 0 Å². The van der Waals surface area contributed by atoms with Crippen LogP contribution in [0, 0.1) is 0 Å². The van der Waals surface area contributed by atoms with Gasteiger partial charge in [-0.15, -0.1) is 0 Å². The normalized spacial score (nSPS) is 16.2. The van der Waals surface area contributed by atoms with Crippen molar-refractivity contribution < 1.29 is 12.9 Å². The largest absolute Gasteiger partial charge is 0.338 e. The number of nitrogens with zero attached hydrogens (tertiary/aromatic N) is 6. The third kappa shape index (κ3) is 4.06. The summed E-state index contributed by atoms with van der Waals surface area (Å²) in [6.07, 6.45) is 0. The van der Waals surface area contributed by atoms with E-state index in [0.717, 1.165) is 17.3 Å². The molecule has 0 N–H and O–H groups in total. The maximum Gasteiger partial charge on any atom is 0.245 e. The van der Waals surface area contributed by atoms with Crippen LogP contribution in [0.1, 0.15) is 5.89 Å². The summed E-state index contributed by atoms with van der Waals surface area (Å²) >= 11 is 6.93. The molecule has 0 spiro atoms. The van der Waals surface area contributed by atoms with E-state index in [9.17, 15) is 8.42 Å². The van der Waals surface area contributed by atoms with Crippen LogP contribution in [0.25, 0.3) is 22.4 Å². The molecule has 1 aliphatic heterocycles. The van der Waals surface area contributed by atoms with Crippen molar-refractivity contribution in [2.45, 2.75) is 11.4 Å². The summed E-state index contributed by atoms with van der Waals surface area (Å²) in [4.78, 5) is 6.74. The van der Waals surface area contributed by atoms with E-state index >= 15 is 0 Å². The summed E-state index contributed by atoms with van der Waals surface area (Å²) in [6.45, 7) is 2.31. The number of hydrogen-bond donors (Lipinski definition) is 0. The van der Waals surface area contributed by atoms with Crippen molar-refractivity contribution in [2.75, 3.05) is 26.2 Å². The molecule has 5 rings (SSSR count). The van der Waals surface area contributed by atoms with Crippen molar-refractivity contribution in [3.05, 3.63) is 53.4 Å². The van der Waals surface area contributed by atoms with Gasteiger partial charge in [-0.3, -0.25) is 4.90 Å². The van der Waals surface area contributed by atoms with E-state index in [4.69, 9.17) is 16.1 Å². The van der Waals surface area contributed by atoms with Gasteiger partial charge in [0.05, 0.1) is 18.3 Å². The third-order valence-electron chi connectivity index (χ3n) is 5.13. The van der Waals surface area contributed by atoms with Gasteiger partial charge in [-0.05, 0) is 36.4 Å². The molecule has 1 aliphatic rings. The summed E-state index contributed by atoms with van der Waals surface area (Å²) in [5.74, 6) is 0.984. The van der Waals surface area contributed by atoms with E-state index in [1.807, 2.05) is 12.1 Å². The molecule has 2 aromatic carbocycles. The van der Waals surface area contributed by atoms with Crippen LogP contribution >= 0.6 is 23.3 Å². The number of piperazine rings is 1. The molecule has 0 bridgehead atoms. The second-order valence-electron chi connectivity index (χ2n) is 7.09. The van der Waals surface area contributed by atoms with Crippen LogP contribution in [0.15, 0.2) is 51.9 Å². The SMILES string of the molecule is O=S(=O)(c1cccc2nsnc12)N1CCN(Cc2nc(-c3ccc(Cl)cc3)no2)CC1. The van der Waals surface area contributed by atoms with Crippen LogP contribution < -0.4 is 0 Å². The fourth-order valence-corrected chi connectivity index (χ4v) is 5.78. The summed E-state index contributed by atoms with van der Waals surface area (Å²) in [5.41, 5.74) is 1.84. The predicted octanol–water partition coefficient (Wildman–Crippen LogP) is 2.90. The number of rotatable bonds is 5. The highest BCUT2D eigenvalue weighted by atomic mass is 35.5. The van der Waals surface area contributed by atoms with Gasteiger partial charge in [-0.2, -0.15) is 18.0 Å². The molecule has 0 saturated carbocycles. The van der Waals surface area contributed by atoms with E-state index in [0.29, 0.717) is 60.5 Å². The minimum atomic E-state index is -3.64. The quantitative estimate of drug-likeness (QED) is 0.433. The number of fused-ring (bicyclic) bond motifs is 1. The van der Waals surface area contributed by atoms with Gasteiger partial charge in [-0.25, -0.2) is 8.42 Å². The molecular formula is C19H17ClN6O3S2. The van der Waals surface area contributed by atoms with Gasteiger partial charge in [0, 0.05) is 36.8 Å². The number of aromatic nitrogens is 4. The lowest BCUT2D eigenvalue weighted by Crippen LogP contribution is -2.48. The molecule has 160 valence electrons. The molecule has 1 fully saturated rings. The molecule has 4 aromatic rings. The molecule has 31 heavy (non-hydrogen) atoms. The summed E-state index contributed by atoms with van der Waals surface area (Å²) in [5, 5.41) is 4.67. The van der Waals surface area contributed by atoms with Crippen LogP contribution in [-0.4, -0.2) is 62.7 Å². The maximum absolute atomic E-state index is 13.1. The lowest BCUT2D eigenvalue weighted by molar-refractivity contribution is 0.163. The Labute approximate surface area is 187 Å². The van der Waals surface area contributed by atoms with Gasteiger partial charge in [0.1, 0.15) is 15.9 Å². The first-order valence-corrected chi connectivity index (χ1v) is 12.1. The van der Waals surface area contributed by atoms with E-state index in [1.54, 1.807) is 30.3 Å². The molecule has 3 heterocycles. The third-order valence-corrected chi connectivity index (χ3v) is 7.85. The topological polar surface area (TPSA) is 105 Å².